The molecular formula is C11H17N3O. The predicted octanol–water partition coefficient (Wildman–Crippen LogP) is 1.61. The fourth-order valence-corrected chi connectivity index (χ4v) is 1.08. The highest BCUT2D eigenvalue weighted by Gasteiger charge is 1.96. The van der Waals surface area contributed by atoms with E-state index in [1.165, 1.54) is 0 Å². The third-order valence-electron chi connectivity index (χ3n) is 1.77. The third-order valence-corrected chi connectivity index (χ3v) is 1.77. The lowest BCUT2D eigenvalue weighted by Gasteiger charge is -2.05. The number of rotatable bonds is 5. The molecule has 4 heteroatoms. The zero-order chi connectivity index (χ0) is 10.9. The molecule has 0 aliphatic rings. The van der Waals surface area contributed by atoms with E-state index in [0.29, 0.717) is 12.4 Å². The van der Waals surface area contributed by atoms with Crippen molar-refractivity contribution in [2.45, 2.75) is 13.3 Å². The minimum absolute atomic E-state index is 0.416. The van der Waals surface area contributed by atoms with E-state index in [-0.39, 0.29) is 0 Å². The molecular weight excluding hydrogens is 190 g/mol. The number of nitrogens with zero attached hydrogens (tertiary/aromatic N) is 1. The van der Waals surface area contributed by atoms with Gasteiger partial charge in [0, 0.05) is 6.61 Å². The number of benzene rings is 1. The van der Waals surface area contributed by atoms with Crippen LogP contribution in [0.3, 0.4) is 0 Å². The van der Waals surface area contributed by atoms with Crippen molar-refractivity contribution in [3.8, 4) is 0 Å². The summed E-state index contributed by atoms with van der Waals surface area (Å²) in [6.45, 7) is 3.19. The molecule has 0 bridgehead atoms. The Hall–Kier alpha value is -1.39. The Morgan fingerprint density at radius 2 is 2.13 bits per heavy atom. The second-order valence-electron chi connectivity index (χ2n) is 3.09. The van der Waals surface area contributed by atoms with Gasteiger partial charge in [0.05, 0.1) is 5.69 Å². The molecule has 3 N–H and O–H groups in total. The Bertz CT molecular complexity index is 298. The number of hydrazine groups is 1. The van der Waals surface area contributed by atoms with E-state index in [0.717, 1.165) is 18.7 Å². The van der Waals surface area contributed by atoms with Gasteiger partial charge in [0.25, 0.3) is 0 Å². The van der Waals surface area contributed by atoms with E-state index in [1.54, 1.807) is 0 Å². The highest BCUT2D eigenvalue weighted by atomic mass is 16.5. The summed E-state index contributed by atoms with van der Waals surface area (Å²) < 4.78 is 5.33. The van der Waals surface area contributed by atoms with Gasteiger partial charge < -0.3 is 10.2 Å². The molecule has 0 atom stereocenters. The largest absolute Gasteiger partial charge is 0.374 e. The number of para-hydroxylation sites is 1. The van der Waals surface area contributed by atoms with Crippen molar-refractivity contribution in [3.05, 3.63) is 30.3 Å². The predicted molar refractivity (Wildman–Crippen MR) is 62.0 cm³/mol. The smallest absolute Gasteiger partial charge is 0.142 e. The monoisotopic (exact) mass is 207 g/mol. The van der Waals surface area contributed by atoms with Crippen LogP contribution in [0, 0.1) is 0 Å². The molecule has 1 rings (SSSR count). The summed E-state index contributed by atoms with van der Waals surface area (Å²) in [5, 5.41) is 0. The van der Waals surface area contributed by atoms with Crippen molar-refractivity contribution in [1.29, 1.82) is 0 Å². The van der Waals surface area contributed by atoms with Crippen LogP contribution in [0.5, 0.6) is 0 Å². The Balaban J connectivity index is 2.54. The maximum absolute atomic E-state index is 5.34. The first-order chi connectivity index (χ1) is 7.36. The molecule has 0 fully saturated rings. The highest BCUT2D eigenvalue weighted by Crippen LogP contribution is 2.09. The third kappa shape index (κ3) is 4.58. The fraction of sp³-hybridized carbons (Fsp3) is 0.364. The van der Waals surface area contributed by atoms with Crippen molar-refractivity contribution >= 4 is 11.5 Å². The molecule has 1 aromatic carbocycles. The lowest BCUT2D eigenvalue weighted by Crippen LogP contribution is -2.33. The van der Waals surface area contributed by atoms with Gasteiger partial charge in [-0.05, 0) is 18.6 Å². The molecule has 0 aliphatic heterocycles. The molecule has 82 valence electrons. The van der Waals surface area contributed by atoms with Crippen molar-refractivity contribution in [2.24, 2.45) is 10.8 Å². The highest BCUT2D eigenvalue weighted by molar-refractivity contribution is 5.85. The van der Waals surface area contributed by atoms with Crippen molar-refractivity contribution in [1.82, 2.24) is 5.43 Å². The Morgan fingerprint density at radius 1 is 1.40 bits per heavy atom. The molecule has 0 saturated carbocycles. The first-order valence-electron chi connectivity index (χ1n) is 5.03. The molecule has 15 heavy (non-hydrogen) atoms. The van der Waals surface area contributed by atoms with E-state index < -0.39 is 0 Å². The Morgan fingerprint density at radius 3 is 2.73 bits per heavy atom. The summed E-state index contributed by atoms with van der Waals surface area (Å²) in [6, 6.07) is 9.64. The molecule has 0 heterocycles. The molecule has 0 aromatic heterocycles. The second kappa shape index (κ2) is 6.98. The fourth-order valence-electron chi connectivity index (χ4n) is 1.08. The maximum Gasteiger partial charge on any atom is 0.142 e. The van der Waals surface area contributed by atoms with Crippen LogP contribution in [0.4, 0.5) is 5.69 Å². The van der Waals surface area contributed by atoms with Crippen molar-refractivity contribution in [3.63, 3.8) is 0 Å². The lowest BCUT2D eigenvalue weighted by molar-refractivity contribution is 0.170. The summed E-state index contributed by atoms with van der Waals surface area (Å²) >= 11 is 0. The van der Waals surface area contributed by atoms with Crippen LogP contribution in [-0.2, 0) is 4.74 Å². The zero-order valence-corrected chi connectivity index (χ0v) is 8.94. The van der Waals surface area contributed by atoms with Crippen LogP contribution < -0.4 is 11.3 Å². The van der Waals surface area contributed by atoms with Gasteiger partial charge in [0.15, 0.2) is 0 Å². The van der Waals surface area contributed by atoms with E-state index >= 15 is 0 Å². The summed E-state index contributed by atoms with van der Waals surface area (Å²) in [6.07, 6.45) is 0.989. The average Bonchev–Trinajstić information content (AvgIpc) is 2.29. The number of hydrogen-bond donors (Lipinski definition) is 2. The minimum atomic E-state index is 0.416. The molecule has 0 aliphatic carbocycles. The molecule has 0 amide bonds. The number of aliphatic imine (C=N–C) groups is 1. The van der Waals surface area contributed by atoms with Crippen LogP contribution in [0.15, 0.2) is 35.3 Å². The Kier molecular flexibility index (Phi) is 5.43. The van der Waals surface area contributed by atoms with Gasteiger partial charge in [0.1, 0.15) is 12.4 Å². The number of ether oxygens (including phenoxy) is 1. The molecule has 0 spiro atoms. The van der Waals surface area contributed by atoms with Crippen molar-refractivity contribution in [2.75, 3.05) is 13.2 Å². The zero-order valence-electron chi connectivity index (χ0n) is 8.94. The van der Waals surface area contributed by atoms with Gasteiger partial charge in [-0.15, -0.1) is 0 Å². The van der Waals surface area contributed by atoms with Gasteiger partial charge in [0.2, 0.25) is 0 Å². The first-order valence-corrected chi connectivity index (χ1v) is 5.03. The van der Waals surface area contributed by atoms with E-state index in [9.17, 15) is 0 Å². The van der Waals surface area contributed by atoms with Gasteiger partial charge >= 0.3 is 0 Å². The maximum atomic E-state index is 5.34. The van der Waals surface area contributed by atoms with E-state index in [4.69, 9.17) is 10.6 Å². The Labute approximate surface area is 90.1 Å². The topological polar surface area (TPSA) is 59.6 Å². The summed E-state index contributed by atoms with van der Waals surface area (Å²) in [7, 11) is 0. The molecule has 0 saturated heterocycles. The first kappa shape index (κ1) is 11.7. The van der Waals surface area contributed by atoms with Crippen LogP contribution in [0.2, 0.25) is 0 Å². The molecule has 1 aromatic rings. The average molecular weight is 207 g/mol. The van der Waals surface area contributed by atoms with E-state index in [1.807, 2.05) is 30.3 Å². The molecule has 0 radical (unpaired) electrons. The van der Waals surface area contributed by atoms with Crippen LogP contribution in [0.25, 0.3) is 0 Å². The normalized spacial score (nSPS) is 11.5. The second-order valence-corrected chi connectivity index (χ2v) is 3.09. The molecule has 0 unspecified atom stereocenters. The number of nitrogens with two attached hydrogens (primary N) is 1. The molecule has 4 nitrogen and oxygen atoms in total. The standard InChI is InChI=1S/C11H17N3O/c1-2-8-15-9-11(14-12)13-10-6-4-3-5-7-10/h3-7H,2,8-9,12H2,1H3,(H,13,14). The number of nitrogens with one attached hydrogen (secondary N) is 1. The lowest BCUT2D eigenvalue weighted by atomic mass is 10.3. The summed E-state index contributed by atoms with van der Waals surface area (Å²) in [5.41, 5.74) is 3.40. The summed E-state index contributed by atoms with van der Waals surface area (Å²) in [4.78, 5) is 4.30. The SMILES string of the molecule is CCCOCC(=Nc1ccccc1)NN. The number of hydrogen-bond acceptors (Lipinski definition) is 3. The number of amidine groups is 1. The minimum Gasteiger partial charge on any atom is -0.374 e. The van der Waals surface area contributed by atoms with E-state index in [2.05, 4.69) is 17.3 Å². The van der Waals surface area contributed by atoms with Gasteiger partial charge in [-0.2, -0.15) is 0 Å². The van der Waals surface area contributed by atoms with Crippen LogP contribution in [0.1, 0.15) is 13.3 Å². The van der Waals surface area contributed by atoms with Gasteiger partial charge in [-0.25, -0.2) is 10.8 Å². The quantitative estimate of drug-likeness (QED) is 0.253. The van der Waals surface area contributed by atoms with Gasteiger partial charge in [-0.3, -0.25) is 0 Å². The van der Waals surface area contributed by atoms with Crippen LogP contribution >= 0.6 is 0 Å². The van der Waals surface area contributed by atoms with Gasteiger partial charge in [-0.1, -0.05) is 25.1 Å². The van der Waals surface area contributed by atoms with Crippen molar-refractivity contribution < 1.29 is 4.74 Å². The van der Waals surface area contributed by atoms with Crippen LogP contribution in [-0.4, -0.2) is 19.0 Å². The summed E-state index contributed by atoms with van der Waals surface area (Å²) in [5.74, 6) is 5.98.